The Bertz CT molecular complexity index is 200. The lowest BCUT2D eigenvalue weighted by Gasteiger charge is -2.26. The van der Waals surface area contributed by atoms with Gasteiger partial charge in [-0.3, -0.25) is 4.90 Å². The zero-order valence-corrected chi connectivity index (χ0v) is 7.92. The molecule has 0 bridgehead atoms. The van der Waals surface area contributed by atoms with Crippen LogP contribution in [0.1, 0.15) is 6.92 Å². The predicted molar refractivity (Wildman–Crippen MR) is 50.4 cm³/mol. The molecule has 0 aromatic carbocycles. The zero-order valence-electron chi connectivity index (χ0n) is 7.92. The van der Waals surface area contributed by atoms with Crippen LogP contribution in [0.2, 0.25) is 0 Å². The molecule has 2 heterocycles. The van der Waals surface area contributed by atoms with Gasteiger partial charge in [-0.2, -0.15) is 0 Å². The molecule has 2 N–H and O–H groups in total. The lowest BCUT2D eigenvalue weighted by atomic mass is 10.3. The summed E-state index contributed by atoms with van der Waals surface area (Å²) in [6, 6.07) is 0. The van der Waals surface area contributed by atoms with E-state index >= 15 is 0 Å². The standard InChI is InChI=1S/C8H16N4O/c1-7-10-8(11-13-7)6-12-4-2-9-3-5-12/h7,9H,2-6H2,1H3,(H,10,11). The topological polar surface area (TPSA) is 48.9 Å². The third kappa shape index (κ3) is 2.40. The van der Waals surface area contributed by atoms with Crippen molar-refractivity contribution in [1.82, 2.24) is 15.7 Å². The summed E-state index contributed by atoms with van der Waals surface area (Å²) >= 11 is 0. The SMILES string of the molecule is CC1N=C(CN2CCNCC2)NO1. The van der Waals surface area contributed by atoms with Crippen LogP contribution in [0.3, 0.4) is 0 Å². The maximum absolute atomic E-state index is 5.11. The van der Waals surface area contributed by atoms with Gasteiger partial charge in [-0.05, 0) is 6.92 Å². The van der Waals surface area contributed by atoms with Crippen molar-refractivity contribution < 1.29 is 4.84 Å². The van der Waals surface area contributed by atoms with E-state index in [1.807, 2.05) is 6.92 Å². The Balaban J connectivity index is 1.80. The number of hydrogen-bond donors (Lipinski definition) is 2. The van der Waals surface area contributed by atoms with Gasteiger partial charge in [0.05, 0.1) is 6.54 Å². The largest absolute Gasteiger partial charge is 0.314 e. The van der Waals surface area contributed by atoms with Crippen molar-refractivity contribution in [3.05, 3.63) is 0 Å². The summed E-state index contributed by atoms with van der Waals surface area (Å²) in [4.78, 5) is 11.8. The molecular weight excluding hydrogens is 168 g/mol. The van der Waals surface area contributed by atoms with Crippen LogP contribution in [0.25, 0.3) is 0 Å². The number of piperazine rings is 1. The Morgan fingerprint density at radius 1 is 1.54 bits per heavy atom. The molecule has 1 atom stereocenters. The fourth-order valence-corrected chi connectivity index (χ4v) is 1.58. The number of rotatable bonds is 2. The van der Waals surface area contributed by atoms with Gasteiger partial charge < -0.3 is 5.32 Å². The maximum Gasteiger partial charge on any atom is 0.174 e. The normalized spacial score (nSPS) is 29.9. The van der Waals surface area contributed by atoms with Gasteiger partial charge in [-0.25, -0.2) is 15.3 Å². The summed E-state index contributed by atoms with van der Waals surface area (Å²) in [7, 11) is 0. The second-order valence-corrected chi connectivity index (χ2v) is 3.42. The second-order valence-electron chi connectivity index (χ2n) is 3.42. The van der Waals surface area contributed by atoms with E-state index in [0.717, 1.165) is 38.6 Å². The van der Waals surface area contributed by atoms with Crippen molar-refractivity contribution in [1.29, 1.82) is 0 Å². The maximum atomic E-state index is 5.11. The fourth-order valence-electron chi connectivity index (χ4n) is 1.58. The van der Waals surface area contributed by atoms with Gasteiger partial charge in [-0.1, -0.05) is 0 Å². The van der Waals surface area contributed by atoms with Crippen LogP contribution in [0.5, 0.6) is 0 Å². The van der Waals surface area contributed by atoms with Gasteiger partial charge in [0, 0.05) is 26.2 Å². The Morgan fingerprint density at radius 3 is 2.92 bits per heavy atom. The molecule has 2 aliphatic heterocycles. The van der Waals surface area contributed by atoms with Gasteiger partial charge in [0.2, 0.25) is 0 Å². The molecule has 2 rings (SSSR count). The highest BCUT2D eigenvalue weighted by molar-refractivity contribution is 5.84. The summed E-state index contributed by atoms with van der Waals surface area (Å²) in [5.74, 6) is 0.953. The van der Waals surface area contributed by atoms with Crippen molar-refractivity contribution in [3.8, 4) is 0 Å². The monoisotopic (exact) mass is 184 g/mol. The van der Waals surface area contributed by atoms with Gasteiger partial charge in [0.15, 0.2) is 6.23 Å². The highest BCUT2D eigenvalue weighted by Crippen LogP contribution is 2.00. The van der Waals surface area contributed by atoms with Crippen molar-refractivity contribution >= 4 is 5.84 Å². The average Bonchev–Trinajstić information content (AvgIpc) is 2.53. The Labute approximate surface area is 78.1 Å². The second kappa shape index (κ2) is 4.04. The quantitative estimate of drug-likeness (QED) is 0.588. The number of nitrogens with zero attached hydrogens (tertiary/aromatic N) is 2. The zero-order chi connectivity index (χ0) is 9.10. The molecule has 1 unspecified atom stereocenters. The molecule has 0 spiro atoms. The van der Waals surface area contributed by atoms with E-state index < -0.39 is 0 Å². The molecule has 1 fully saturated rings. The van der Waals surface area contributed by atoms with Crippen molar-refractivity contribution in [3.63, 3.8) is 0 Å². The van der Waals surface area contributed by atoms with E-state index in [2.05, 4.69) is 20.7 Å². The van der Waals surface area contributed by atoms with Crippen LogP contribution in [-0.4, -0.2) is 49.7 Å². The van der Waals surface area contributed by atoms with Crippen molar-refractivity contribution in [2.24, 2.45) is 4.99 Å². The molecule has 0 saturated carbocycles. The van der Waals surface area contributed by atoms with Gasteiger partial charge in [0.25, 0.3) is 0 Å². The number of amidine groups is 1. The highest BCUT2D eigenvalue weighted by Gasteiger charge is 2.17. The molecule has 0 radical (unpaired) electrons. The fraction of sp³-hybridized carbons (Fsp3) is 0.875. The third-order valence-electron chi connectivity index (χ3n) is 2.27. The molecule has 5 nitrogen and oxygen atoms in total. The minimum Gasteiger partial charge on any atom is -0.314 e. The van der Waals surface area contributed by atoms with E-state index in [4.69, 9.17) is 4.84 Å². The molecule has 5 heteroatoms. The molecule has 0 aromatic rings. The molecule has 0 aromatic heterocycles. The van der Waals surface area contributed by atoms with Crippen LogP contribution in [0.15, 0.2) is 4.99 Å². The first-order chi connectivity index (χ1) is 6.34. The van der Waals surface area contributed by atoms with Gasteiger partial charge in [-0.15, -0.1) is 0 Å². The molecule has 0 aliphatic carbocycles. The van der Waals surface area contributed by atoms with Gasteiger partial charge in [0.1, 0.15) is 5.84 Å². The third-order valence-corrected chi connectivity index (χ3v) is 2.27. The number of aliphatic imine (C=N–C) groups is 1. The minimum atomic E-state index is -0.0297. The first-order valence-electron chi connectivity index (χ1n) is 4.76. The van der Waals surface area contributed by atoms with E-state index in [0.29, 0.717) is 0 Å². The Hall–Kier alpha value is -0.650. The summed E-state index contributed by atoms with van der Waals surface area (Å²) in [5, 5.41) is 3.32. The average molecular weight is 184 g/mol. The lowest BCUT2D eigenvalue weighted by molar-refractivity contribution is 0.0490. The molecule has 74 valence electrons. The molecule has 0 amide bonds. The molecule has 1 saturated heterocycles. The van der Waals surface area contributed by atoms with Gasteiger partial charge >= 0.3 is 0 Å². The van der Waals surface area contributed by atoms with Crippen LogP contribution >= 0.6 is 0 Å². The van der Waals surface area contributed by atoms with Crippen LogP contribution in [0.4, 0.5) is 0 Å². The van der Waals surface area contributed by atoms with E-state index in [9.17, 15) is 0 Å². The summed E-state index contributed by atoms with van der Waals surface area (Å²) in [6.45, 7) is 7.14. The molecule has 13 heavy (non-hydrogen) atoms. The number of nitrogens with one attached hydrogen (secondary N) is 2. The molecular formula is C8H16N4O. The first kappa shape index (κ1) is 8.93. The minimum absolute atomic E-state index is 0.0297. The predicted octanol–water partition coefficient (Wildman–Crippen LogP) is -0.829. The highest BCUT2D eigenvalue weighted by atomic mass is 16.7. The van der Waals surface area contributed by atoms with E-state index in [1.54, 1.807) is 0 Å². The summed E-state index contributed by atoms with van der Waals surface area (Å²) in [6.07, 6.45) is -0.0297. The van der Waals surface area contributed by atoms with E-state index in [1.165, 1.54) is 0 Å². The summed E-state index contributed by atoms with van der Waals surface area (Å²) < 4.78 is 0. The van der Waals surface area contributed by atoms with Crippen molar-refractivity contribution in [2.75, 3.05) is 32.7 Å². The number of hydroxylamine groups is 1. The Morgan fingerprint density at radius 2 is 2.31 bits per heavy atom. The van der Waals surface area contributed by atoms with Crippen LogP contribution in [-0.2, 0) is 4.84 Å². The molecule has 2 aliphatic rings. The van der Waals surface area contributed by atoms with Crippen LogP contribution < -0.4 is 10.8 Å². The van der Waals surface area contributed by atoms with Crippen LogP contribution in [0, 0.1) is 0 Å². The summed E-state index contributed by atoms with van der Waals surface area (Å²) in [5.41, 5.74) is 2.84. The Kier molecular flexibility index (Phi) is 2.77. The van der Waals surface area contributed by atoms with E-state index in [-0.39, 0.29) is 6.23 Å². The van der Waals surface area contributed by atoms with Crippen molar-refractivity contribution in [2.45, 2.75) is 13.2 Å². The first-order valence-corrected chi connectivity index (χ1v) is 4.76. The lowest BCUT2D eigenvalue weighted by Crippen LogP contribution is -2.46. The number of hydrogen-bond acceptors (Lipinski definition) is 5. The smallest absolute Gasteiger partial charge is 0.174 e.